The Morgan fingerprint density at radius 1 is 1.09 bits per heavy atom. The van der Waals surface area contributed by atoms with Crippen molar-refractivity contribution in [2.24, 2.45) is 0 Å². The van der Waals surface area contributed by atoms with Gasteiger partial charge in [0.15, 0.2) is 9.84 Å². The molecule has 2 rings (SSSR count). The lowest BCUT2D eigenvalue weighted by molar-refractivity contribution is 0.442. The Bertz CT molecular complexity index is 219. The molecule has 11 heavy (non-hydrogen) atoms. The Labute approximate surface area is 67.1 Å². The van der Waals surface area contributed by atoms with Gasteiger partial charge in [-0.15, -0.1) is 0 Å². The second-order valence-corrected chi connectivity index (χ2v) is 5.93. The van der Waals surface area contributed by atoms with Crippen molar-refractivity contribution >= 4 is 9.84 Å². The summed E-state index contributed by atoms with van der Waals surface area (Å²) < 4.78 is 23.1. The van der Waals surface area contributed by atoms with Crippen LogP contribution in [0.1, 0.15) is 19.3 Å². The molecule has 2 aliphatic rings. The number of hydrogen-bond acceptors (Lipinski definition) is 3. The molecule has 0 bridgehead atoms. The van der Waals surface area contributed by atoms with Gasteiger partial charge in [0, 0.05) is 13.1 Å². The minimum atomic E-state index is -2.73. The molecular weight excluding hydrogens is 162 g/mol. The zero-order valence-electron chi connectivity index (χ0n) is 6.41. The number of hydrogen-bond donors (Lipinski definition) is 1. The molecular formula is C7H13NO2S. The highest BCUT2D eigenvalue weighted by Crippen LogP contribution is 2.29. The lowest BCUT2D eigenvalue weighted by atomic mass is 10.00. The third-order valence-corrected chi connectivity index (χ3v) is 5.39. The van der Waals surface area contributed by atoms with E-state index < -0.39 is 9.84 Å². The SMILES string of the molecule is O=S(=O)(C1CCC1)C1CNC1. The molecule has 2 fully saturated rings. The minimum Gasteiger partial charge on any atom is -0.314 e. The topological polar surface area (TPSA) is 46.2 Å². The Kier molecular flexibility index (Phi) is 1.68. The van der Waals surface area contributed by atoms with Crippen LogP contribution in [0.2, 0.25) is 0 Å². The molecule has 0 amide bonds. The van der Waals surface area contributed by atoms with Crippen LogP contribution >= 0.6 is 0 Å². The van der Waals surface area contributed by atoms with Crippen molar-refractivity contribution in [1.82, 2.24) is 5.32 Å². The summed E-state index contributed by atoms with van der Waals surface area (Å²) in [5, 5.41) is 2.94. The molecule has 1 heterocycles. The fourth-order valence-electron chi connectivity index (χ4n) is 1.47. The summed E-state index contributed by atoms with van der Waals surface area (Å²) in [7, 11) is -2.73. The van der Waals surface area contributed by atoms with Crippen molar-refractivity contribution in [3.8, 4) is 0 Å². The van der Waals surface area contributed by atoms with Crippen LogP contribution in [0.5, 0.6) is 0 Å². The van der Waals surface area contributed by atoms with E-state index >= 15 is 0 Å². The van der Waals surface area contributed by atoms with Crippen molar-refractivity contribution in [2.45, 2.75) is 29.8 Å². The molecule has 64 valence electrons. The normalized spacial score (nSPS) is 27.6. The molecule has 0 radical (unpaired) electrons. The van der Waals surface area contributed by atoms with Gasteiger partial charge in [-0.3, -0.25) is 0 Å². The first-order valence-corrected chi connectivity index (χ1v) is 5.75. The smallest absolute Gasteiger partial charge is 0.158 e. The quantitative estimate of drug-likeness (QED) is 0.639. The first-order valence-electron chi connectivity index (χ1n) is 4.14. The highest BCUT2D eigenvalue weighted by atomic mass is 32.2. The first kappa shape index (κ1) is 7.55. The maximum Gasteiger partial charge on any atom is 0.158 e. The summed E-state index contributed by atoms with van der Waals surface area (Å²) in [4.78, 5) is 0. The van der Waals surface area contributed by atoms with Crippen molar-refractivity contribution < 1.29 is 8.42 Å². The number of rotatable bonds is 2. The van der Waals surface area contributed by atoms with E-state index in [-0.39, 0.29) is 10.5 Å². The van der Waals surface area contributed by atoms with Gasteiger partial charge in [0.05, 0.1) is 10.5 Å². The Hall–Kier alpha value is -0.0900. The number of sulfone groups is 1. The van der Waals surface area contributed by atoms with E-state index in [1.165, 1.54) is 0 Å². The van der Waals surface area contributed by atoms with Crippen LogP contribution in [0, 0.1) is 0 Å². The molecule has 1 N–H and O–H groups in total. The van der Waals surface area contributed by atoms with E-state index in [9.17, 15) is 8.42 Å². The molecule has 0 unspecified atom stereocenters. The molecule has 0 aromatic carbocycles. The van der Waals surface area contributed by atoms with Crippen molar-refractivity contribution in [3.05, 3.63) is 0 Å². The van der Waals surface area contributed by atoms with Crippen LogP contribution in [-0.2, 0) is 9.84 Å². The van der Waals surface area contributed by atoms with E-state index in [1.807, 2.05) is 0 Å². The zero-order valence-corrected chi connectivity index (χ0v) is 7.23. The Balaban J connectivity index is 2.07. The monoisotopic (exact) mass is 175 g/mol. The fourth-order valence-corrected chi connectivity index (χ4v) is 3.70. The summed E-state index contributed by atoms with van der Waals surface area (Å²) in [6.45, 7) is 1.36. The van der Waals surface area contributed by atoms with Gasteiger partial charge in [-0.2, -0.15) is 0 Å². The van der Waals surface area contributed by atoms with Crippen LogP contribution in [0.25, 0.3) is 0 Å². The minimum absolute atomic E-state index is 0.00889. The van der Waals surface area contributed by atoms with Gasteiger partial charge in [-0.05, 0) is 12.8 Å². The largest absolute Gasteiger partial charge is 0.314 e. The molecule has 3 nitrogen and oxygen atoms in total. The van der Waals surface area contributed by atoms with E-state index in [1.54, 1.807) is 0 Å². The fraction of sp³-hybridized carbons (Fsp3) is 1.00. The second kappa shape index (κ2) is 2.45. The molecule has 1 aliphatic heterocycles. The van der Waals surface area contributed by atoms with E-state index in [0.717, 1.165) is 19.3 Å². The number of nitrogens with one attached hydrogen (secondary N) is 1. The second-order valence-electron chi connectivity index (χ2n) is 3.42. The predicted molar refractivity (Wildman–Crippen MR) is 43.2 cm³/mol. The summed E-state index contributed by atoms with van der Waals surface area (Å²) in [6.07, 6.45) is 2.90. The standard InChI is InChI=1S/C7H13NO2S/c9-11(10,6-2-1-3-6)7-4-8-5-7/h6-8H,1-5H2. The van der Waals surface area contributed by atoms with Crippen LogP contribution in [-0.4, -0.2) is 32.0 Å². The summed E-state index contributed by atoms with van der Waals surface area (Å²) >= 11 is 0. The highest BCUT2D eigenvalue weighted by molar-refractivity contribution is 7.92. The summed E-state index contributed by atoms with van der Waals surface area (Å²) in [6, 6.07) is 0. The van der Waals surface area contributed by atoms with Crippen LogP contribution in [0.3, 0.4) is 0 Å². The lowest BCUT2D eigenvalue weighted by Gasteiger charge is -2.34. The molecule has 0 spiro atoms. The van der Waals surface area contributed by atoms with Gasteiger partial charge >= 0.3 is 0 Å². The molecule has 0 atom stereocenters. The van der Waals surface area contributed by atoms with Crippen LogP contribution in [0.15, 0.2) is 0 Å². The third kappa shape index (κ3) is 1.08. The zero-order chi connectivity index (χ0) is 7.90. The maximum absolute atomic E-state index is 11.6. The average molecular weight is 175 g/mol. The van der Waals surface area contributed by atoms with Crippen molar-refractivity contribution in [3.63, 3.8) is 0 Å². The van der Waals surface area contributed by atoms with Gasteiger partial charge in [-0.1, -0.05) is 6.42 Å². The molecule has 1 saturated carbocycles. The van der Waals surface area contributed by atoms with Crippen molar-refractivity contribution in [2.75, 3.05) is 13.1 Å². The predicted octanol–water partition coefficient (Wildman–Crippen LogP) is -0.0745. The maximum atomic E-state index is 11.6. The highest BCUT2D eigenvalue weighted by Gasteiger charge is 2.40. The first-order chi connectivity index (χ1) is 5.21. The molecule has 1 aliphatic carbocycles. The van der Waals surface area contributed by atoms with Gasteiger partial charge in [0.2, 0.25) is 0 Å². The van der Waals surface area contributed by atoms with Gasteiger partial charge in [0.25, 0.3) is 0 Å². The van der Waals surface area contributed by atoms with Crippen LogP contribution in [0.4, 0.5) is 0 Å². The van der Waals surface area contributed by atoms with E-state index in [0.29, 0.717) is 13.1 Å². The summed E-state index contributed by atoms with van der Waals surface area (Å²) in [5.41, 5.74) is 0. The van der Waals surface area contributed by atoms with E-state index in [2.05, 4.69) is 5.32 Å². The molecule has 0 aromatic heterocycles. The van der Waals surface area contributed by atoms with Crippen molar-refractivity contribution in [1.29, 1.82) is 0 Å². The third-order valence-electron chi connectivity index (χ3n) is 2.73. The Morgan fingerprint density at radius 2 is 1.73 bits per heavy atom. The molecule has 4 heteroatoms. The molecule has 1 saturated heterocycles. The van der Waals surface area contributed by atoms with Gasteiger partial charge in [-0.25, -0.2) is 8.42 Å². The Morgan fingerprint density at radius 3 is 2.00 bits per heavy atom. The van der Waals surface area contributed by atoms with E-state index in [4.69, 9.17) is 0 Å². The summed E-state index contributed by atoms with van der Waals surface area (Å²) in [5.74, 6) is 0. The lowest BCUT2D eigenvalue weighted by Crippen LogP contribution is -2.55. The van der Waals surface area contributed by atoms with Crippen LogP contribution < -0.4 is 5.32 Å². The average Bonchev–Trinajstić information content (AvgIpc) is 1.46. The molecule has 0 aromatic rings. The van der Waals surface area contributed by atoms with Gasteiger partial charge in [0.1, 0.15) is 0 Å². The van der Waals surface area contributed by atoms with Gasteiger partial charge < -0.3 is 5.32 Å².